The van der Waals surface area contributed by atoms with E-state index in [1.165, 1.54) is 12.8 Å². The summed E-state index contributed by atoms with van der Waals surface area (Å²) < 4.78 is 0. The fourth-order valence-electron chi connectivity index (χ4n) is 3.44. The Bertz CT molecular complexity index is 406. The second-order valence-corrected chi connectivity index (χ2v) is 11.9. The summed E-state index contributed by atoms with van der Waals surface area (Å²) in [6.45, 7) is 3.74. The van der Waals surface area contributed by atoms with Crippen molar-refractivity contribution in [2.45, 2.75) is 30.9 Å². The molecule has 2 fully saturated rings. The topological polar surface area (TPSA) is 60.9 Å². The first kappa shape index (κ1) is 17.6. The van der Waals surface area contributed by atoms with Gasteiger partial charge < -0.3 is 10.0 Å². The second-order valence-electron chi connectivity index (χ2n) is 7.40. The van der Waals surface area contributed by atoms with Crippen LogP contribution in [0.2, 0.25) is 0 Å². The summed E-state index contributed by atoms with van der Waals surface area (Å²) in [5, 5.41) is 9.83. The number of likely N-dealkylation sites (tertiary alicyclic amines) is 2. The molecule has 0 aliphatic carbocycles. The molecule has 128 valence electrons. The van der Waals surface area contributed by atoms with Crippen LogP contribution in [0.15, 0.2) is 0 Å². The van der Waals surface area contributed by atoms with Crippen molar-refractivity contribution >= 4 is 21.9 Å². The van der Waals surface area contributed by atoms with Crippen molar-refractivity contribution in [3.8, 4) is 0 Å². The minimum atomic E-state index is -0.723. The number of carbonyl (C=O) groups excluding carboxylic acids is 1. The Morgan fingerprint density at radius 3 is 2.00 bits per heavy atom. The second kappa shape index (κ2) is 7.21. The summed E-state index contributed by atoms with van der Waals surface area (Å²) >= 11 is 0. The SMILES string of the molecule is CS(C)(C)C1CCN(CC(=O)N2CCC(C(=O)O)CC2)CC1. The Labute approximate surface area is 135 Å². The number of nitrogens with zero attached hydrogens (tertiary/aromatic N) is 2. The number of hydrogen-bond acceptors (Lipinski definition) is 3. The highest BCUT2D eigenvalue weighted by Crippen LogP contribution is 2.45. The molecule has 0 atom stereocenters. The molecule has 0 unspecified atom stereocenters. The summed E-state index contributed by atoms with van der Waals surface area (Å²) in [5.41, 5.74) is 0. The van der Waals surface area contributed by atoms with Gasteiger partial charge >= 0.3 is 5.97 Å². The lowest BCUT2D eigenvalue weighted by atomic mass is 9.97. The molecule has 5 nitrogen and oxygen atoms in total. The summed E-state index contributed by atoms with van der Waals surface area (Å²) in [6.07, 6.45) is 10.7. The van der Waals surface area contributed by atoms with E-state index in [9.17, 15) is 9.59 Å². The van der Waals surface area contributed by atoms with Crippen LogP contribution in [0.25, 0.3) is 0 Å². The molecule has 0 radical (unpaired) electrons. The van der Waals surface area contributed by atoms with E-state index in [0.717, 1.165) is 18.3 Å². The average molecular weight is 330 g/mol. The van der Waals surface area contributed by atoms with Gasteiger partial charge in [-0.1, -0.05) is 0 Å². The lowest BCUT2D eigenvalue weighted by molar-refractivity contribution is -0.146. The molecule has 0 aromatic rings. The Kier molecular flexibility index (Phi) is 5.77. The number of carboxylic acid groups (broad SMARTS) is 1. The van der Waals surface area contributed by atoms with Crippen molar-refractivity contribution in [1.82, 2.24) is 9.80 Å². The standard InChI is InChI=1S/C16H30N2O3S/c1-22(2,3)14-6-8-17(9-7-14)12-15(19)18-10-4-13(5-11-18)16(20)21/h13-14H,4-12H2,1-3H3,(H,20,21). The third-order valence-corrected chi connectivity index (χ3v) is 7.56. The number of carbonyl (C=O) groups is 2. The van der Waals surface area contributed by atoms with E-state index < -0.39 is 16.0 Å². The van der Waals surface area contributed by atoms with Crippen LogP contribution in [0.1, 0.15) is 25.7 Å². The first-order valence-corrected chi connectivity index (χ1v) is 11.1. The molecule has 2 saturated heterocycles. The van der Waals surface area contributed by atoms with E-state index >= 15 is 0 Å². The summed E-state index contributed by atoms with van der Waals surface area (Å²) in [7, 11) is -0.490. The number of amides is 1. The number of hydrogen-bond donors (Lipinski definition) is 1. The first-order chi connectivity index (χ1) is 10.3. The van der Waals surface area contributed by atoms with Crippen molar-refractivity contribution in [1.29, 1.82) is 0 Å². The predicted octanol–water partition coefficient (Wildman–Crippen LogP) is 1.47. The lowest BCUT2D eigenvalue weighted by Gasteiger charge is -2.42. The predicted molar refractivity (Wildman–Crippen MR) is 91.8 cm³/mol. The molecule has 0 saturated carbocycles. The van der Waals surface area contributed by atoms with Gasteiger partial charge in [-0.15, -0.1) is 0 Å². The van der Waals surface area contributed by atoms with Crippen molar-refractivity contribution in [2.75, 3.05) is 51.5 Å². The van der Waals surface area contributed by atoms with Crippen LogP contribution >= 0.6 is 10.0 Å². The zero-order valence-corrected chi connectivity index (χ0v) is 14.9. The Morgan fingerprint density at radius 1 is 1.00 bits per heavy atom. The minimum absolute atomic E-state index is 0.172. The number of aliphatic carboxylic acids is 1. The quantitative estimate of drug-likeness (QED) is 0.848. The first-order valence-electron chi connectivity index (χ1n) is 8.17. The highest BCUT2D eigenvalue weighted by atomic mass is 32.3. The van der Waals surface area contributed by atoms with Crippen molar-refractivity contribution in [2.24, 2.45) is 5.92 Å². The van der Waals surface area contributed by atoms with Gasteiger partial charge in [0.25, 0.3) is 0 Å². The molecular weight excluding hydrogens is 300 g/mol. The van der Waals surface area contributed by atoms with Crippen LogP contribution in [0, 0.1) is 5.92 Å². The van der Waals surface area contributed by atoms with Crippen LogP contribution in [-0.4, -0.2) is 83.5 Å². The number of piperidine rings is 2. The Hall–Kier alpha value is -0.750. The van der Waals surface area contributed by atoms with Crippen LogP contribution in [0.4, 0.5) is 0 Å². The molecule has 22 heavy (non-hydrogen) atoms. The van der Waals surface area contributed by atoms with Gasteiger partial charge in [0.15, 0.2) is 0 Å². The van der Waals surface area contributed by atoms with E-state index in [2.05, 4.69) is 23.7 Å². The highest BCUT2D eigenvalue weighted by molar-refractivity contribution is 8.32. The maximum atomic E-state index is 12.4. The fourth-order valence-corrected chi connectivity index (χ4v) is 5.07. The van der Waals surface area contributed by atoms with Crippen molar-refractivity contribution in [3.05, 3.63) is 0 Å². The maximum absolute atomic E-state index is 12.4. The highest BCUT2D eigenvalue weighted by Gasteiger charge is 2.30. The molecule has 1 N–H and O–H groups in total. The summed E-state index contributed by atoms with van der Waals surface area (Å²) in [5.74, 6) is -0.821. The van der Waals surface area contributed by atoms with E-state index in [0.29, 0.717) is 32.5 Å². The van der Waals surface area contributed by atoms with E-state index in [4.69, 9.17) is 5.11 Å². The molecule has 2 heterocycles. The molecule has 6 heteroatoms. The number of carboxylic acids is 1. The van der Waals surface area contributed by atoms with Gasteiger partial charge in [0.05, 0.1) is 12.5 Å². The molecule has 1 amide bonds. The molecule has 2 aliphatic rings. The Balaban J connectivity index is 1.74. The van der Waals surface area contributed by atoms with E-state index in [1.54, 1.807) is 0 Å². The van der Waals surface area contributed by atoms with Crippen LogP contribution < -0.4 is 0 Å². The largest absolute Gasteiger partial charge is 0.481 e. The smallest absolute Gasteiger partial charge is 0.306 e. The van der Waals surface area contributed by atoms with Gasteiger partial charge in [-0.2, -0.15) is 0 Å². The molecule has 0 aromatic heterocycles. The number of rotatable bonds is 4. The molecule has 2 rings (SSSR count). The Morgan fingerprint density at radius 2 is 1.55 bits per heavy atom. The van der Waals surface area contributed by atoms with Crippen LogP contribution in [0.5, 0.6) is 0 Å². The molecular formula is C16H30N2O3S. The molecule has 0 spiro atoms. The molecule has 0 bridgehead atoms. The van der Waals surface area contributed by atoms with E-state index in [1.807, 2.05) is 4.90 Å². The lowest BCUT2D eigenvalue weighted by Crippen LogP contribution is -2.47. The minimum Gasteiger partial charge on any atom is -0.481 e. The molecule has 2 aliphatic heterocycles. The third kappa shape index (κ3) is 4.62. The summed E-state index contributed by atoms with van der Waals surface area (Å²) in [6, 6.07) is 0. The average Bonchev–Trinajstić information content (AvgIpc) is 2.47. The van der Waals surface area contributed by atoms with Gasteiger partial charge in [-0.05, 0) is 62.8 Å². The third-order valence-electron chi connectivity index (χ3n) is 5.09. The van der Waals surface area contributed by atoms with E-state index in [-0.39, 0.29) is 11.8 Å². The van der Waals surface area contributed by atoms with Crippen molar-refractivity contribution in [3.63, 3.8) is 0 Å². The van der Waals surface area contributed by atoms with Gasteiger partial charge in [-0.3, -0.25) is 14.5 Å². The normalized spacial score (nSPS) is 23.5. The fraction of sp³-hybridized carbons (Fsp3) is 0.875. The summed E-state index contributed by atoms with van der Waals surface area (Å²) in [4.78, 5) is 27.4. The zero-order chi connectivity index (χ0) is 16.3. The monoisotopic (exact) mass is 330 g/mol. The van der Waals surface area contributed by atoms with Gasteiger partial charge in [0.2, 0.25) is 5.91 Å². The van der Waals surface area contributed by atoms with Crippen LogP contribution in [0.3, 0.4) is 0 Å². The van der Waals surface area contributed by atoms with Gasteiger partial charge in [-0.25, -0.2) is 10.0 Å². The maximum Gasteiger partial charge on any atom is 0.306 e. The van der Waals surface area contributed by atoms with Crippen LogP contribution in [-0.2, 0) is 9.59 Å². The molecule has 0 aromatic carbocycles. The van der Waals surface area contributed by atoms with Crippen molar-refractivity contribution < 1.29 is 14.7 Å². The van der Waals surface area contributed by atoms with Gasteiger partial charge in [0, 0.05) is 13.1 Å². The zero-order valence-electron chi connectivity index (χ0n) is 14.1. The van der Waals surface area contributed by atoms with Gasteiger partial charge in [0.1, 0.15) is 0 Å².